The summed E-state index contributed by atoms with van der Waals surface area (Å²) in [4.78, 5) is 38.4. The van der Waals surface area contributed by atoms with E-state index in [1.807, 2.05) is 37.3 Å². The first-order chi connectivity index (χ1) is 16.3. The number of rotatable bonds is 9. The summed E-state index contributed by atoms with van der Waals surface area (Å²) in [5.41, 5.74) is 2.62. The predicted molar refractivity (Wildman–Crippen MR) is 124 cm³/mol. The summed E-state index contributed by atoms with van der Waals surface area (Å²) in [6.07, 6.45) is 2.95. The second-order valence-electron chi connectivity index (χ2n) is 8.24. The summed E-state index contributed by atoms with van der Waals surface area (Å²) in [7, 11) is 2.59. The van der Waals surface area contributed by atoms with Crippen molar-refractivity contribution in [3.8, 4) is 11.5 Å². The van der Waals surface area contributed by atoms with Crippen molar-refractivity contribution >= 4 is 17.8 Å². The van der Waals surface area contributed by atoms with E-state index in [2.05, 4.69) is 4.74 Å². The Morgan fingerprint density at radius 2 is 1.85 bits per heavy atom. The number of methoxy groups -OCH3 is 2. The highest BCUT2D eigenvalue weighted by Gasteiger charge is 2.39. The van der Waals surface area contributed by atoms with Crippen LogP contribution < -0.4 is 0 Å². The van der Waals surface area contributed by atoms with Gasteiger partial charge in [-0.2, -0.15) is 0 Å². The predicted octanol–water partition coefficient (Wildman–Crippen LogP) is 3.28. The SMILES string of the molecule is COC(=O)C/C=C(\C)CCc1c(O)cc2c(c1O)CN([C@@H](Cc1ccccc1)C(=O)OC)C2=O. The Balaban J connectivity index is 1.83. The molecule has 0 fully saturated rings. The van der Waals surface area contributed by atoms with Gasteiger partial charge >= 0.3 is 11.9 Å². The van der Waals surface area contributed by atoms with Crippen molar-refractivity contribution in [2.75, 3.05) is 14.2 Å². The molecule has 8 heteroatoms. The van der Waals surface area contributed by atoms with Crippen LogP contribution in [0.25, 0.3) is 0 Å². The number of amides is 1. The van der Waals surface area contributed by atoms with Crippen LogP contribution in [0, 0.1) is 0 Å². The molecule has 0 spiro atoms. The molecule has 1 heterocycles. The van der Waals surface area contributed by atoms with E-state index in [-0.39, 0.29) is 42.4 Å². The molecule has 1 aliphatic rings. The first-order valence-electron chi connectivity index (χ1n) is 11.0. The lowest BCUT2D eigenvalue weighted by atomic mass is 9.98. The monoisotopic (exact) mass is 467 g/mol. The summed E-state index contributed by atoms with van der Waals surface area (Å²) in [6.45, 7) is 1.87. The van der Waals surface area contributed by atoms with Crippen molar-refractivity contribution in [3.63, 3.8) is 0 Å². The number of esters is 2. The molecule has 34 heavy (non-hydrogen) atoms. The van der Waals surface area contributed by atoms with Gasteiger partial charge in [-0.25, -0.2) is 4.79 Å². The van der Waals surface area contributed by atoms with Crippen molar-refractivity contribution < 1.29 is 34.1 Å². The summed E-state index contributed by atoms with van der Waals surface area (Å²) >= 11 is 0. The molecular formula is C26H29NO7. The molecule has 2 aromatic rings. The number of fused-ring (bicyclic) bond motifs is 1. The maximum absolute atomic E-state index is 13.2. The Labute approximate surface area is 198 Å². The molecule has 1 atom stereocenters. The highest BCUT2D eigenvalue weighted by molar-refractivity contribution is 6.02. The first-order valence-corrected chi connectivity index (χ1v) is 11.0. The van der Waals surface area contributed by atoms with Gasteiger partial charge in [-0.3, -0.25) is 9.59 Å². The lowest BCUT2D eigenvalue weighted by molar-refractivity contribution is -0.146. The summed E-state index contributed by atoms with van der Waals surface area (Å²) in [6, 6.07) is 9.76. The van der Waals surface area contributed by atoms with Crippen LogP contribution in [0.1, 0.15) is 46.8 Å². The average molecular weight is 468 g/mol. The van der Waals surface area contributed by atoms with Crippen LogP contribution in [0.5, 0.6) is 11.5 Å². The van der Waals surface area contributed by atoms with E-state index in [0.29, 0.717) is 24.0 Å². The third kappa shape index (κ3) is 5.39. The second-order valence-corrected chi connectivity index (χ2v) is 8.24. The molecule has 0 aromatic heterocycles. The van der Waals surface area contributed by atoms with E-state index in [9.17, 15) is 24.6 Å². The van der Waals surface area contributed by atoms with Crippen LogP contribution in [0.4, 0.5) is 0 Å². The fourth-order valence-corrected chi connectivity index (χ4v) is 4.05. The third-order valence-corrected chi connectivity index (χ3v) is 6.04. The zero-order chi connectivity index (χ0) is 24.8. The van der Waals surface area contributed by atoms with E-state index in [1.165, 1.54) is 25.2 Å². The minimum atomic E-state index is -0.874. The summed E-state index contributed by atoms with van der Waals surface area (Å²) in [5.74, 6) is -1.70. The zero-order valence-electron chi connectivity index (χ0n) is 19.5. The van der Waals surface area contributed by atoms with Crippen molar-refractivity contribution in [2.24, 2.45) is 0 Å². The Hall–Kier alpha value is -3.81. The van der Waals surface area contributed by atoms with Crippen molar-refractivity contribution in [2.45, 2.75) is 45.2 Å². The fraction of sp³-hybridized carbons (Fsp3) is 0.346. The van der Waals surface area contributed by atoms with E-state index in [0.717, 1.165) is 11.1 Å². The van der Waals surface area contributed by atoms with Crippen molar-refractivity contribution in [1.82, 2.24) is 4.90 Å². The topological polar surface area (TPSA) is 113 Å². The van der Waals surface area contributed by atoms with Gasteiger partial charge in [0.1, 0.15) is 17.5 Å². The van der Waals surface area contributed by atoms with Crippen LogP contribution in [-0.4, -0.2) is 53.2 Å². The molecule has 0 saturated heterocycles. The average Bonchev–Trinajstić information content (AvgIpc) is 3.16. The lowest BCUT2D eigenvalue weighted by Gasteiger charge is -2.25. The summed E-state index contributed by atoms with van der Waals surface area (Å²) < 4.78 is 9.57. The van der Waals surface area contributed by atoms with Gasteiger partial charge < -0.3 is 24.6 Å². The van der Waals surface area contributed by atoms with Crippen LogP contribution in [0.2, 0.25) is 0 Å². The highest BCUT2D eigenvalue weighted by Crippen LogP contribution is 2.40. The number of aromatic hydroxyl groups is 2. The van der Waals surface area contributed by atoms with Crippen LogP contribution in [-0.2, 0) is 38.4 Å². The lowest BCUT2D eigenvalue weighted by Crippen LogP contribution is -2.43. The van der Waals surface area contributed by atoms with Gasteiger partial charge in [0.15, 0.2) is 0 Å². The number of phenolic OH excluding ortho intramolecular Hbond substituents is 2. The van der Waals surface area contributed by atoms with Gasteiger partial charge in [0.2, 0.25) is 0 Å². The van der Waals surface area contributed by atoms with Crippen molar-refractivity contribution in [3.05, 3.63) is 70.3 Å². The molecule has 0 bridgehead atoms. The number of carbonyl (C=O) groups excluding carboxylic acids is 3. The van der Waals surface area contributed by atoms with Gasteiger partial charge in [0.25, 0.3) is 5.91 Å². The molecule has 3 rings (SSSR count). The molecule has 0 radical (unpaired) electrons. The number of benzene rings is 2. The van der Waals surface area contributed by atoms with Crippen LogP contribution >= 0.6 is 0 Å². The standard InChI is InChI=1S/C26H29NO7/c1-16(10-12-23(29)33-2)9-11-18-22(28)14-19-20(24(18)30)15-27(25(19)31)21(26(32)34-3)13-17-7-5-4-6-8-17/h4-8,10,14,21,28,30H,9,11-13,15H2,1-3H3/b16-10+/t21-/m0/s1. The molecular weight excluding hydrogens is 438 g/mol. The third-order valence-electron chi connectivity index (χ3n) is 6.04. The van der Waals surface area contributed by atoms with E-state index >= 15 is 0 Å². The Morgan fingerprint density at radius 3 is 2.50 bits per heavy atom. The van der Waals surface area contributed by atoms with Gasteiger partial charge in [-0.05, 0) is 31.4 Å². The van der Waals surface area contributed by atoms with Gasteiger partial charge in [0.05, 0.1) is 32.7 Å². The molecule has 180 valence electrons. The molecule has 1 amide bonds. The highest BCUT2D eigenvalue weighted by atomic mass is 16.5. The minimum Gasteiger partial charge on any atom is -0.508 e. The Kier molecular flexibility index (Phi) is 7.94. The Morgan fingerprint density at radius 1 is 1.15 bits per heavy atom. The molecule has 8 nitrogen and oxygen atoms in total. The second kappa shape index (κ2) is 10.9. The van der Waals surface area contributed by atoms with Crippen LogP contribution in [0.3, 0.4) is 0 Å². The normalized spacial score (nSPS) is 14.0. The van der Waals surface area contributed by atoms with Crippen LogP contribution in [0.15, 0.2) is 48.0 Å². The van der Waals surface area contributed by atoms with Gasteiger partial charge in [0, 0.05) is 17.5 Å². The number of nitrogens with zero attached hydrogens (tertiary/aromatic N) is 1. The van der Waals surface area contributed by atoms with Crippen molar-refractivity contribution in [1.29, 1.82) is 0 Å². The Bertz CT molecular complexity index is 1110. The quantitative estimate of drug-likeness (QED) is 0.430. The smallest absolute Gasteiger partial charge is 0.328 e. The van der Waals surface area contributed by atoms with E-state index < -0.39 is 17.9 Å². The number of hydrogen-bond acceptors (Lipinski definition) is 7. The molecule has 0 aliphatic carbocycles. The van der Waals surface area contributed by atoms with Gasteiger partial charge in [-0.1, -0.05) is 42.0 Å². The number of carbonyl (C=O) groups is 3. The number of allylic oxidation sites excluding steroid dienone is 1. The molecule has 2 aromatic carbocycles. The zero-order valence-corrected chi connectivity index (χ0v) is 19.5. The van der Waals surface area contributed by atoms with E-state index in [4.69, 9.17) is 4.74 Å². The number of phenols is 2. The minimum absolute atomic E-state index is 0.0248. The fourth-order valence-electron chi connectivity index (χ4n) is 4.05. The maximum atomic E-state index is 13.2. The first kappa shape index (κ1) is 24.8. The molecule has 2 N–H and O–H groups in total. The van der Waals surface area contributed by atoms with Gasteiger partial charge in [-0.15, -0.1) is 0 Å². The largest absolute Gasteiger partial charge is 0.508 e. The summed E-state index contributed by atoms with van der Waals surface area (Å²) in [5, 5.41) is 21.5. The maximum Gasteiger partial charge on any atom is 0.328 e. The van der Waals surface area contributed by atoms with E-state index in [1.54, 1.807) is 6.08 Å². The number of ether oxygens (including phenoxy) is 2. The molecule has 0 unspecified atom stereocenters. The molecule has 0 saturated carbocycles. The molecule has 1 aliphatic heterocycles. The number of hydrogen-bond donors (Lipinski definition) is 2.